The summed E-state index contributed by atoms with van der Waals surface area (Å²) < 4.78 is 2.05. The van der Waals surface area contributed by atoms with Gasteiger partial charge in [0.1, 0.15) is 5.82 Å². The van der Waals surface area contributed by atoms with Gasteiger partial charge in [-0.2, -0.15) is 0 Å². The number of guanidine groups is 1. The molecule has 1 fully saturated rings. The van der Waals surface area contributed by atoms with E-state index in [4.69, 9.17) is 4.99 Å². The second-order valence-electron chi connectivity index (χ2n) is 7.32. The van der Waals surface area contributed by atoms with Crippen LogP contribution in [0.1, 0.15) is 25.6 Å². The summed E-state index contributed by atoms with van der Waals surface area (Å²) in [5.41, 5.74) is 2.18. The van der Waals surface area contributed by atoms with E-state index in [9.17, 15) is 0 Å². The number of anilines is 1. The largest absolute Gasteiger partial charge is 0.369 e. The van der Waals surface area contributed by atoms with Crippen LogP contribution < -0.4 is 15.5 Å². The molecule has 2 N–H and O–H groups in total. The van der Waals surface area contributed by atoms with Crippen LogP contribution in [0.5, 0.6) is 0 Å². The third-order valence-corrected chi connectivity index (χ3v) is 5.21. The van der Waals surface area contributed by atoms with Crippen molar-refractivity contribution in [3.63, 3.8) is 0 Å². The molecular formula is C22H29N7. The molecule has 4 rings (SSSR count). The van der Waals surface area contributed by atoms with Gasteiger partial charge in [0.2, 0.25) is 0 Å². The van der Waals surface area contributed by atoms with Crippen LogP contribution in [0.25, 0.3) is 5.65 Å². The van der Waals surface area contributed by atoms with Crippen LogP contribution in [0.15, 0.2) is 59.7 Å². The van der Waals surface area contributed by atoms with E-state index in [1.165, 1.54) is 5.69 Å². The van der Waals surface area contributed by atoms with Crippen molar-refractivity contribution in [2.45, 2.75) is 32.2 Å². The number of nitrogens with zero attached hydrogens (tertiary/aromatic N) is 5. The fourth-order valence-corrected chi connectivity index (χ4v) is 3.75. The molecule has 3 heterocycles. The summed E-state index contributed by atoms with van der Waals surface area (Å²) in [5, 5.41) is 15.5. The topological polar surface area (TPSA) is 69.8 Å². The van der Waals surface area contributed by atoms with Crippen molar-refractivity contribution in [2.24, 2.45) is 4.99 Å². The Kier molecular flexibility index (Phi) is 6.24. The Hall–Kier alpha value is -3.09. The summed E-state index contributed by atoms with van der Waals surface area (Å²) in [6.07, 6.45) is 4.93. The fraction of sp³-hybridized carbons (Fsp3) is 0.409. The molecule has 1 unspecified atom stereocenters. The number of nitrogens with one attached hydrogen (secondary N) is 2. The molecule has 0 amide bonds. The van der Waals surface area contributed by atoms with Gasteiger partial charge in [0, 0.05) is 50.5 Å². The van der Waals surface area contributed by atoms with Crippen molar-refractivity contribution >= 4 is 17.3 Å². The molecular weight excluding hydrogens is 362 g/mol. The Labute approximate surface area is 171 Å². The van der Waals surface area contributed by atoms with Crippen LogP contribution in [0.3, 0.4) is 0 Å². The lowest BCUT2D eigenvalue weighted by molar-refractivity contribution is 0.646. The molecule has 0 saturated carbocycles. The second kappa shape index (κ2) is 9.41. The molecule has 7 nitrogen and oxygen atoms in total. The van der Waals surface area contributed by atoms with Gasteiger partial charge in [-0.05, 0) is 44.0 Å². The van der Waals surface area contributed by atoms with Crippen LogP contribution in [0, 0.1) is 0 Å². The van der Waals surface area contributed by atoms with Gasteiger partial charge in [-0.25, -0.2) is 0 Å². The summed E-state index contributed by atoms with van der Waals surface area (Å²) >= 11 is 0. The molecule has 0 radical (unpaired) electrons. The van der Waals surface area contributed by atoms with E-state index in [2.05, 4.69) is 63.0 Å². The third-order valence-electron chi connectivity index (χ3n) is 5.21. The van der Waals surface area contributed by atoms with Crippen molar-refractivity contribution in [3.8, 4) is 0 Å². The maximum Gasteiger partial charge on any atom is 0.191 e. The lowest BCUT2D eigenvalue weighted by atomic mass is 10.2. The monoisotopic (exact) mass is 391 g/mol. The number of aryl methyl sites for hydroxylation is 1. The van der Waals surface area contributed by atoms with Crippen molar-refractivity contribution in [1.82, 2.24) is 25.2 Å². The maximum absolute atomic E-state index is 4.77. The predicted octanol–water partition coefficient (Wildman–Crippen LogP) is 2.50. The molecule has 1 aliphatic heterocycles. The minimum Gasteiger partial charge on any atom is -0.369 e. The van der Waals surface area contributed by atoms with Gasteiger partial charge in [-0.15, -0.1) is 10.2 Å². The first-order chi connectivity index (χ1) is 14.3. The number of rotatable bonds is 7. The number of hydrogen-bond donors (Lipinski definition) is 2. The molecule has 0 spiro atoms. The van der Waals surface area contributed by atoms with Crippen LogP contribution in [0.4, 0.5) is 5.69 Å². The van der Waals surface area contributed by atoms with Crippen LogP contribution >= 0.6 is 0 Å². The number of fused-ring (bicyclic) bond motifs is 1. The molecule has 0 aliphatic carbocycles. The highest BCUT2D eigenvalue weighted by Crippen LogP contribution is 2.19. The molecule has 2 aromatic heterocycles. The van der Waals surface area contributed by atoms with Gasteiger partial charge in [-0.1, -0.05) is 24.3 Å². The van der Waals surface area contributed by atoms with Crippen molar-refractivity contribution in [3.05, 3.63) is 60.6 Å². The summed E-state index contributed by atoms with van der Waals surface area (Å²) in [4.78, 5) is 7.20. The molecule has 152 valence electrons. The Morgan fingerprint density at radius 2 is 2.00 bits per heavy atom. The van der Waals surface area contributed by atoms with Gasteiger partial charge >= 0.3 is 0 Å². The van der Waals surface area contributed by atoms with Gasteiger partial charge in [0.05, 0.1) is 0 Å². The lowest BCUT2D eigenvalue weighted by Gasteiger charge is -2.20. The zero-order chi connectivity index (χ0) is 19.9. The zero-order valence-corrected chi connectivity index (χ0v) is 17.0. The zero-order valence-electron chi connectivity index (χ0n) is 17.0. The summed E-state index contributed by atoms with van der Waals surface area (Å²) in [6.45, 7) is 5.79. The Bertz CT molecular complexity index is 934. The number of benzene rings is 1. The van der Waals surface area contributed by atoms with Gasteiger partial charge in [-0.3, -0.25) is 9.39 Å². The minimum absolute atomic E-state index is 0.411. The third kappa shape index (κ3) is 4.85. The highest BCUT2D eigenvalue weighted by atomic mass is 15.3. The summed E-state index contributed by atoms with van der Waals surface area (Å²) in [7, 11) is 0. The standard InChI is InChI=1S/C22H29N7/c1-2-23-22(25-18-13-16-28(17-18)19-9-4-3-5-10-19)24-14-8-12-21-27-26-20-11-6-7-15-29(20)21/h3-7,9-11,15,18H,2,8,12-14,16-17H2,1H3,(H2,23,24,25). The fourth-order valence-electron chi connectivity index (χ4n) is 3.75. The quantitative estimate of drug-likeness (QED) is 0.368. The van der Waals surface area contributed by atoms with Gasteiger partial charge < -0.3 is 15.5 Å². The maximum atomic E-state index is 4.77. The van der Waals surface area contributed by atoms with E-state index in [1.54, 1.807) is 0 Å². The first-order valence-electron chi connectivity index (χ1n) is 10.5. The first kappa shape index (κ1) is 19.2. The molecule has 3 aromatic rings. The minimum atomic E-state index is 0.411. The summed E-state index contributed by atoms with van der Waals surface area (Å²) in [6, 6.07) is 17.0. The van der Waals surface area contributed by atoms with E-state index >= 15 is 0 Å². The van der Waals surface area contributed by atoms with Gasteiger partial charge in [0.25, 0.3) is 0 Å². The van der Waals surface area contributed by atoms with Crippen molar-refractivity contribution in [1.29, 1.82) is 0 Å². The van der Waals surface area contributed by atoms with Crippen LogP contribution in [-0.4, -0.2) is 52.8 Å². The van der Waals surface area contributed by atoms with Crippen molar-refractivity contribution in [2.75, 3.05) is 31.1 Å². The van der Waals surface area contributed by atoms with Crippen molar-refractivity contribution < 1.29 is 0 Å². The molecule has 1 aromatic carbocycles. The molecule has 29 heavy (non-hydrogen) atoms. The molecule has 1 saturated heterocycles. The highest BCUT2D eigenvalue weighted by molar-refractivity contribution is 5.80. The van der Waals surface area contributed by atoms with Crippen LogP contribution in [-0.2, 0) is 6.42 Å². The molecule has 7 heteroatoms. The average Bonchev–Trinajstić information content (AvgIpc) is 3.39. The normalized spacial score (nSPS) is 17.1. The van der Waals surface area contributed by atoms with E-state index in [0.29, 0.717) is 6.04 Å². The lowest BCUT2D eigenvalue weighted by Crippen LogP contribution is -2.44. The van der Waals surface area contributed by atoms with E-state index in [0.717, 1.165) is 62.9 Å². The number of aliphatic imine (C=N–C) groups is 1. The highest BCUT2D eigenvalue weighted by Gasteiger charge is 2.23. The van der Waals surface area contributed by atoms with E-state index < -0.39 is 0 Å². The average molecular weight is 392 g/mol. The number of hydrogen-bond acceptors (Lipinski definition) is 4. The Balaban J connectivity index is 1.29. The molecule has 1 atom stereocenters. The number of pyridine rings is 1. The number of para-hydroxylation sites is 1. The predicted molar refractivity (Wildman–Crippen MR) is 117 cm³/mol. The molecule has 0 bridgehead atoms. The molecule has 1 aliphatic rings. The van der Waals surface area contributed by atoms with E-state index in [1.807, 2.05) is 28.8 Å². The Morgan fingerprint density at radius 1 is 1.14 bits per heavy atom. The smallest absolute Gasteiger partial charge is 0.191 e. The van der Waals surface area contributed by atoms with Gasteiger partial charge in [0.15, 0.2) is 11.6 Å². The SMILES string of the molecule is CCNC(=NCCCc1nnc2ccccn12)NC1CCN(c2ccccc2)C1. The Morgan fingerprint density at radius 3 is 2.86 bits per heavy atom. The summed E-state index contributed by atoms with van der Waals surface area (Å²) in [5.74, 6) is 1.89. The first-order valence-corrected chi connectivity index (χ1v) is 10.5. The van der Waals surface area contributed by atoms with E-state index in [-0.39, 0.29) is 0 Å². The van der Waals surface area contributed by atoms with Crippen LogP contribution in [0.2, 0.25) is 0 Å². The number of aromatic nitrogens is 3. The second-order valence-corrected chi connectivity index (χ2v) is 7.32.